The van der Waals surface area contributed by atoms with Crippen LogP contribution in [0, 0.1) is 5.92 Å². The molecule has 1 heterocycles. The molecule has 0 spiro atoms. The Kier molecular flexibility index (Phi) is 7.87. The third kappa shape index (κ3) is 6.49. The van der Waals surface area contributed by atoms with Gasteiger partial charge in [-0.2, -0.15) is 0 Å². The van der Waals surface area contributed by atoms with E-state index in [1.165, 1.54) is 71.1 Å². The fourth-order valence-corrected chi connectivity index (χ4v) is 2.60. The Bertz CT molecular complexity index is 153. The maximum Gasteiger partial charge on any atom is 0.00187 e. The summed E-state index contributed by atoms with van der Waals surface area (Å²) in [4.78, 5) is 2.53. The van der Waals surface area contributed by atoms with Crippen LogP contribution >= 0.6 is 0 Å². The van der Waals surface area contributed by atoms with Crippen molar-refractivity contribution in [3.63, 3.8) is 0 Å². The summed E-state index contributed by atoms with van der Waals surface area (Å²) < 4.78 is 0. The van der Waals surface area contributed by atoms with Gasteiger partial charge in [0, 0.05) is 6.54 Å². The smallest absolute Gasteiger partial charge is 0.00187 e. The van der Waals surface area contributed by atoms with Crippen molar-refractivity contribution in [3.8, 4) is 0 Å². The first-order chi connectivity index (χ1) is 7.83. The lowest BCUT2D eigenvalue weighted by molar-refractivity contribution is 0.239. The zero-order chi connectivity index (χ0) is 11.6. The number of rotatable bonds is 8. The van der Waals surface area contributed by atoms with Gasteiger partial charge in [0.25, 0.3) is 0 Å². The first-order valence-electron chi connectivity index (χ1n) is 7.22. The Balaban J connectivity index is 1.95. The van der Waals surface area contributed by atoms with E-state index in [4.69, 9.17) is 0 Å². The Morgan fingerprint density at radius 2 is 2.00 bits per heavy atom. The molecule has 0 aromatic heterocycles. The van der Waals surface area contributed by atoms with Crippen LogP contribution in [0.2, 0.25) is 0 Å². The summed E-state index contributed by atoms with van der Waals surface area (Å²) in [5, 5.41) is 3.50. The minimum atomic E-state index is 0.898. The van der Waals surface area contributed by atoms with E-state index in [-0.39, 0.29) is 0 Å². The standard InChI is InChI=1S/C14H30N2/c1-3-4-5-6-7-11-16(2)13-14-9-8-10-15-12-14/h14-15H,3-13H2,1-2H3. The minimum Gasteiger partial charge on any atom is -0.316 e. The van der Waals surface area contributed by atoms with Crippen LogP contribution in [-0.4, -0.2) is 38.1 Å². The molecule has 1 rings (SSSR count). The van der Waals surface area contributed by atoms with Crippen molar-refractivity contribution in [2.75, 3.05) is 33.2 Å². The fourth-order valence-electron chi connectivity index (χ4n) is 2.60. The monoisotopic (exact) mass is 226 g/mol. The molecule has 0 radical (unpaired) electrons. The van der Waals surface area contributed by atoms with Crippen LogP contribution in [0.4, 0.5) is 0 Å². The third-order valence-electron chi connectivity index (χ3n) is 3.61. The van der Waals surface area contributed by atoms with Gasteiger partial charge in [-0.05, 0) is 51.9 Å². The molecular formula is C14H30N2. The molecule has 2 nitrogen and oxygen atoms in total. The lowest BCUT2D eigenvalue weighted by atomic mass is 9.99. The zero-order valence-corrected chi connectivity index (χ0v) is 11.3. The van der Waals surface area contributed by atoms with Crippen LogP contribution in [0.15, 0.2) is 0 Å². The summed E-state index contributed by atoms with van der Waals surface area (Å²) in [6.07, 6.45) is 9.79. The zero-order valence-electron chi connectivity index (χ0n) is 11.3. The molecule has 16 heavy (non-hydrogen) atoms. The molecule has 1 N–H and O–H groups in total. The van der Waals surface area contributed by atoms with Crippen molar-refractivity contribution in [2.24, 2.45) is 5.92 Å². The molecule has 1 aliphatic rings. The normalized spacial score (nSPS) is 21.6. The van der Waals surface area contributed by atoms with Crippen molar-refractivity contribution in [1.29, 1.82) is 0 Å². The van der Waals surface area contributed by atoms with Gasteiger partial charge in [0.15, 0.2) is 0 Å². The summed E-state index contributed by atoms with van der Waals surface area (Å²) >= 11 is 0. The van der Waals surface area contributed by atoms with Gasteiger partial charge in [0.1, 0.15) is 0 Å². The second-order valence-corrected chi connectivity index (χ2v) is 5.39. The van der Waals surface area contributed by atoms with Gasteiger partial charge in [-0.25, -0.2) is 0 Å². The van der Waals surface area contributed by atoms with Crippen molar-refractivity contribution in [3.05, 3.63) is 0 Å². The Hall–Kier alpha value is -0.0800. The average molecular weight is 226 g/mol. The molecule has 0 aromatic rings. The van der Waals surface area contributed by atoms with Crippen LogP contribution in [0.1, 0.15) is 51.9 Å². The second kappa shape index (κ2) is 9.00. The van der Waals surface area contributed by atoms with Gasteiger partial charge in [-0.3, -0.25) is 0 Å². The van der Waals surface area contributed by atoms with E-state index in [2.05, 4.69) is 24.2 Å². The first kappa shape index (κ1) is 14.0. The highest BCUT2D eigenvalue weighted by Crippen LogP contribution is 2.11. The first-order valence-corrected chi connectivity index (χ1v) is 7.22. The predicted octanol–water partition coefficient (Wildman–Crippen LogP) is 2.89. The predicted molar refractivity (Wildman–Crippen MR) is 71.8 cm³/mol. The number of nitrogens with zero attached hydrogens (tertiary/aromatic N) is 1. The molecule has 0 saturated carbocycles. The van der Waals surface area contributed by atoms with Gasteiger partial charge in [0.05, 0.1) is 0 Å². The van der Waals surface area contributed by atoms with Crippen molar-refractivity contribution in [2.45, 2.75) is 51.9 Å². The highest BCUT2D eigenvalue weighted by molar-refractivity contribution is 4.71. The molecule has 0 amide bonds. The van der Waals surface area contributed by atoms with Gasteiger partial charge in [-0.1, -0.05) is 32.6 Å². The lowest BCUT2D eigenvalue weighted by Crippen LogP contribution is -2.37. The van der Waals surface area contributed by atoms with E-state index >= 15 is 0 Å². The van der Waals surface area contributed by atoms with Gasteiger partial charge < -0.3 is 10.2 Å². The summed E-state index contributed by atoms with van der Waals surface area (Å²) in [5.74, 6) is 0.898. The van der Waals surface area contributed by atoms with Gasteiger partial charge >= 0.3 is 0 Å². The Morgan fingerprint density at radius 1 is 1.19 bits per heavy atom. The topological polar surface area (TPSA) is 15.3 Å². The molecule has 96 valence electrons. The molecule has 1 aliphatic heterocycles. The number of hydrogen-bond acceptors (Lipinski definition) is 2. The maximum atomic E-state index is 3.50. The quantitative estimate of drug-likeness (QED) is 0.640. The van der Waals surface area contributed by atoms with Gasteiger partial charge in [0.2, 0.25) is 0 Å². The summed E-state index contributed by atoms with van der Waals surface area (Å²) in [6.45, 7) is 7.33. The maximum absolute atomic E-state index is 3.50. The summed E-state index contributed by atoms with van der Waals surface area (Å²) in [7, 11) is 2.29. The number of hydrogen-bond donors (Lipinski definition) is 1. The van der Waals surface area contributed by atoms with E-state index < -0.39 is 0 Å². The molecule has 1 atom stereocenters. The number of unbranched alkanes of at least 4 members (excludes halogenated alkanes) is 4. The molecule has 1 fully saturated rings. The molecule has 0 aromatic carbocycles. The Labute approximate surface area is 102 Å². The molecule has 0 aliphatic carbocycles. The van der Waals surface area contributed by atoms with E-state index in [0.717, 1.165) is 5.92 Å². The molecule has 0 bridgehead atoms. The molecule has 1 saturated heterocycles. The summed E-state index contributed by atoms with van der Waals surface area (Å²) in [6, 6.07) is 0. The van der Waals surface area contributed by atoms with Crippen molar-refractivity contribution >= 4 is 0 Å². The van der Waals surface area contributed by atoms with Crippen molar-refractivity contribution in [1.82, 2.24) is 10.2 Å². The minimum absolute atomic E-state index is 0.898. The van der Waals surface area contributed by atoms with E-state index in [1.807, 2.05) is 0 Å². The largest absolute Gasteiger partial charge is 0.316 e. The number of nitrogens with one attached hydrogen (secondary N) is 1. The van der Waals surface area contributed by atoms with Gasteiger partial charge in [-0.15, -0.1) is 0 Å². The average Bonchev–Trinajstić information content (AvgIpc) is 2.30. The summed E-state index contributed by atoms with van der Waals surface area (Å²) in [5.41, 5.74) is 0. The van der Waals surface area contributed by atoms with Crippen LogP contribution < -0.4 is 5.32 Å². The highest BCUT2D eigenvalue weighted by Gasteiger charge is 2.14. The lowest BCUT2D eigenvalue weighted by Gasteiger charge is -2.27. The Morgan fingerprint density at radius 3 is 2.69 bits per heavy atom. The van der Waals surface area contributed by atoms with Crippen molar-refractivity contribution < 1.29 is 0 Å². The second-order valence-electron chi connectivity index (χ2n) is 5.39. The van der Waals surface area contributed by atoms with Crippen LogP contribution in [0.25, 0.3) is 0 Å². The SMILES string of the molecule is CCCCCCCN(C)CC1CCCNC1. The van der Waals surface area contributed by atoms with E-state index in [1.54, 1.807) is 0 Å². The molecular weight excluding hydrogens is 196 g/mol. The fraction of sp³-hybridized carbons (Fsp3) is 1.00. The molecule has 1 unspecified atom stereocenters. The van der Waals surface area contributed by atoms with Crippen LogP contribution in [-0.2, 0) is 0 Å². The van der Waals surface area contributed by atoms with E-state index in [0.29, 0.717) is 0 Å². The third-order valence-corrected chi connectivity index (χ3v) is 3.61. The van der Waals surface area contributed by atoms with Crippen LogP contribution in [0.5, 0.6) is 0 Å². The molecule has 2 heteroatoms. The van der Waals surface area contributed by atoms with E-state index in [9.17, 15) is 0 Å². The number of piperidine rings is 1. The highest BCUT2D eigenvalue weighted by atomic mass is 15.1. The van der Waals surface area contributed by atoms with Crippen LogP contribution in [0.3, 0.4) is 0 Å².